The Hall–Kier alpha value is -2.84. The van der Waals surface area contributed by atoms with Gasteiger partial charge in [0.25, 0.3) is 5.91 Å². The number of anilines is 1. The molecule has 2 aromatic carbocycles. The van der Waals surface area contributed by atoms with Gasteiger partial charge in [-0.05, 0) is 36.2 Å². The molecule has 2 N–H and O–H groups in total. The minimum absolute atomic E-state index is 0.0906. The maximum atomic E-state index is 13.3. The van der Waals surface area contributed by atoms with Gasteiger partial charge in [0.05, 0.1) is 28.4 Å². The molecular formula is C25H33N3O4Si. The summed E-state index contributed by atoms with van der Waals surface area (Å²) in [6.45, 7) is 9.59. The summed E-state index contributed by atoms with van der Waals surface area (Å²) in [6, 6.07) is 14.2. The van der Waals surface area contributed by atoms with Crippen LogP contribution in [-0.4, -0.2) is 58.3 Å². The molecule has 2 aromatic rings. The number of likely N-dealkylation sites (tertiary alicyclic amines) is 1. The predicted octanol–water partition coefficient (Wildman–Crippen LogP) is 3.35. The summed E-state index contributed by atoms with van der Waals surface area (Å²) >= 11 is 0. The fourth-order valence-corrected chi connectivity index (χ4v) is 5.48. The molecule has 1 spiro atoms. The molecule has 2 aliphatic rings. The third kappa shape index (κ3) is 5.22. The zero-order valence-corrected chi connectivity index (χ0v) is 20.8. The lowest BCUT2D eigenvalue weighted by Crippen LogP contribution is -2.48. The second-order valence-electron chi connectivity index (χ2n) is 10.1. The van der Waals surface area contributed by atoms with Gasteiger partial charge in [-0.25, -0.2) is 4.79 Å². The minimum atomic E-state index is -1.42. The van der Waals surface area contributed by atoms with E-state index in [2.05, 4.69) is 42.4 Å². The zero-order valence-electron chi connectivity index (χ0n) is 19.8. The van der Waals surface area contributed by atoms with Gasteiger partial charge in [0.15, 0.2) is 0 Å². The SMILES string of the molecule is COc1ccc(C(NC(=O)N2CCC3(COC3)C2)C(=O)Nc2ccc([Si](C)(C)C)cc2)cc1. The normalized spacial score (nSPS) is 17.9. The van der Waals surface area contributed by atoms with E-state index >= 15 is 0 Å². The van der Waals surface area contributed by atoms with Gasteiger partial charge in [-0.15, -0.1) is 0 Å². The summed E-state index contributed by atoms with van der Waals surface area (Å²) < 4.78 is 10.6. The van der Waals surface area contributed by atoms with E-state index in [1.54, 1.807) is 24.1 Å². The lowest BCUT2D eigenvalue weighted by atomic mass is 9.85. The first kappa shape index (κ1) is 23.3. The molecule has 2 heterocycles. The monoisotopic (exact) mass is 467 g/mol. The third-order valence-corrected chi connectivity index (χ3v) is 8.61. The lowest BCUT2D eigenvalue weighted by Gasteiger charge is -2.37. The Kier molecular flexibility index (Phi) is 6.49. The first-order valence-electron chi connectivity index (χ1n) is 11.4. The van der Waals surface area contributed by atoms with E-state index in [4.69, 9.17) is 9.47 Å². The topological polar surface area (TPSA) is 79.9 Å². The average molecular weight is 468 g/mol. The highest BCUT2D eigenvalue weighted by atomic mass is 28.3. The fraction of sp³-hybridized carbons (Fsp3) is 0.440. The van der Waals surface area contributed by atoms with Crippen LogP contribution in [0.1, 0.15) is 18.0 Å². The predicted molar refractivity (Wildman–Crippen MR) is 132 cm³/mol. The van der Waals surface area contributed by atoms with Gasteiger partial charge in [0.1, 0.15) is 11.8 Å². The van der Waals surface area contributed by atoms with Gasteiger partial charge < -0.3 is 25.0 Å². The van der Waals surface area contributed by atoms with Crippen LogP contribution in [0, 0.1) is 5.41 Å². The molecule has 0 aliphatic carbocycles. The van der Waals surface area contributed by atoms with Crippen molar-refractivity contribution in [3.05, 3.63) is 54.1 Å². The van der Waals surface area contributed by atoms with Crippen molar-refractivity contribution in [1.82, 2.24) is 10.2 Å². The first-order chi connectivity index (χ1) is 15.7. The average Bonchev–Trinajstić information content (AvgIpc) is 3.24. The number of methoxy groups -OCH3 is 1. The number of urea groups is 1. The van der Waals surface area contributed by atoms with Crippen LogP contribution < -0.4 is 20.6 Å². The number of nitrogens with zero attached hydrogens (tertiary/aromatic N) is 1. The van der Waals surface area contributed by atoms with Crippen LogP contribution in [0.2, 0.25) is 19.6 Å². The van der Waals surface area contributed by atoms with Crippen LogP contribution in [0.25, 0.3) is 0 Å². The fourth-order valence-electron chi connectivity index (χ4n) is 4.31. The molecule has 8 heteroatoms. The van der Waals surface area contributed by atoms with Gasteiger partial charge in [0, 0.05) is 24.2 Å². The number of amides is 3. The number of hydrogen-bond donors (Lipinski definition) is 2. The van der Waals surface area contributed by atoms with Crippen LogP contribution >= 0.6 is 0 Å². The number of nitrogens with one attached hydrogen (secondary N) is 2. The second-order valence-corrected chi connectivity index (χ2v) is 15.2. The van der Waals surface area contributed by atoms with E-state index in [0.717, 1.165) is 6.42 Å². The molecule has 3 amide bonds. The first-order valence-corrected chi connectivity index (χ1v) is 14.9. The summed E-state index contributed by atoms with van der Waals surface area (Å²) in [7, 11) is 0.173. The highest BCUT2D eigenvalue weighted by Gasteiger charge is 2.46. The van der Waals surface area contributed by atoms with Crippen LogP contribution in [0.4, 0.5) is 10.5 Å². The van der Waals surface area contributed by atoms with E-state index < -0.39 is 14.1 Å². The van der Waals surface area contributed by atoms with Crippen molar-refractivity contribution < 1.29 is 19.1 Å². The van der Waals surface area contributed by atoms with E-state index in [-0.39, 0.29) is 17.4 Å². The Morgan fingerprint density at radius 3 is 2.24 bits per heavy atom. The summed E-state index contributed by atoms with van der Waals surface area (Å²) in [5, 5.41) is 7.25. The summed E-state index contributed by atoms with van der Waals surface area (Å²) in [6.07, 6.45) is 0.934. The third-order valence-electron chi connectivity index (χ3n) is 6.54. The summed E-state index contributed by atoms with van der Waals surface area (Å²) in [5.74, 6) is 0.410. The van der Waals surface area contributed by atoms with Crippen LogP contribution in [0.5, 0.6) is 5.75 Å². The quantitative estimate of drug-likeness (QED) is 0.639. The number of carbonyl (C=O) groups is 2. The Morgan fingerprint density at radius 2 is 1.73 bits per heavy atom. The van der Waals surface area contributed by atoms with Gasteiger partial charge in [-0.1, -0.05) is 49.1 Å². The minimum Gasteiger partial charge on any atom is -0.497 e. The molecular weight excluding hydrogens is 434 g/mol. The Labute approximate surface area is 196 Å². The molecule has 1 atom stereocenters. The zero-order chi connectivity index (χ0) is 23.6. The standard InChI is InChI=1S/C25H33N3O4Si/c1-31-20-9-5-18(6-10-20)22(27-24(30)28-14-13-25(15-28)16-32-17-25)23(29)26-19-7-11-21(12-8-19)33(2,3)4/h5-12,22H,13-17H2,1-4H3,(H,26,29)(H,27,30). The molecule has 33 heavy (non-hydrogen) atoms. The van der Waals surface area contributed by atoms with Crippen molar-refractivity contribution >= 4 is 30.9 Å². The molecule has 1 unspecified atom stereocenters. The molecule has 4 rings (SSSR count). The molecule has 2 aliphatic heterocycles. The van der Waals surface area contributed by atoms with Crippen LogP contribution in [0.3, 0.4) is 0 Å². The summed E-state index contributed by atoms with van der Waals surface area (Å²) in [4.78, 5) is 28.2. The van der Waals surface area contributed by atoms with Crippen molar-refractivity contribution in [2.45, 2.75) is 32.1 Å². The maximum absolute atomic E-state index is 13.3. The largest absolute Gasteiger partial charge is 0.497 e. The highest BCUT2D eigenvalue weighted by molar-refractivity contribution is 6.88. The second kappa shape index (κ2) is 9.19. The van der Waals surface area contributed by atoms with Gasteiger partial charge >= 0.3 is 6.03 Å². The number of rotatable bonds is 6. The maximum Gasteiger partial charge on any atom is 0.318 e. The van der Waals surface area contributed by atoms with Crippen LogP contribution in [-0.2, 0) is 9.53 Å². The smallest absolute Gasteiger partial charge is 0.318 e. The summed E-state index contributed by atoms with van der Waals surface area (Å²) in [5.41, 5.74) is 1.50. The van der Waals surface area contributed by atoms with E-state index in [0.29, 0.717) is 43.3 Å². The van der Waals surface area contributed by atoms with Crippen LogP contribution in [0.15, 0.2) is 48.5 Å². The van der Waals surface area contributed by atoms with Crippen molar-refractivity contribution in [1.29, 1.82) is 0 Å². The molecule has 2 saturated heterocycles. The molecule has 176 valence electrons. The van der Waals surface area contributed by atoms with Crippen molar-refractivity contribution in [3.63, 3.8) is 0 Å². The van der Waals surface area contributed by atoms with Crippen molar-refractivity contribution in [3.8, 4) is 5.75 Å². The van der Waals surface area contributed by atoms with Gasteiger partial charge in [-0.3, -0.25) is 4.79 Å². The number of benzene rings is 2. The molecule has 0 saturated carbocycles. The lowest BCUT2D eigenvalue weighted by molar-refractivity contribution is -0.118. The molecule has 7 nitrogen and oxygen atoms in total. The molecule has 0 aromatic heterocycles. The molecule has 0 radical (unpaired) electrons. The number of ether oxygens (including phenoxy) is 2. The van der Waals surface area contributed by atoms with Gasteiger partial charge in [0.2, 0.25) is 0 Å². The Balaban J connectivity index is 1.50. The van der Waals surface area contributed by atoms with E-state index in [1.165, 1.54) is 5.19 Å². The Morgan fingerprint density at radius 1 is 1.06 bits per heavy atom. The highest BCUT2D eigenvalue weighted by Crippen LogP contribution is 2.37. The molecule has 0 bridgehead atoms. The Bertz CT molecular complexity index is 998. The van der Waals surface area contributed by atoms with E-state index in [9.17, 15) is 9.59 Å². The van der Waals surface area contributed by atoms with Gasteiger partial charge in [-0.2, -0.15) is 0 Å². The van der Waals surface area contributed by atoms with Crippen molar-refractivity contribution in [2.24, 2.45) is 5.41 Å². The molecule has 2 fully saturated rings. The van der Waals surface area contributed by atoms with E-state index in [1.807, 2.05) is 24.3 Å². The number of hydrogen-bond acceptors (Lipinski definition) is 4. The van der Waals surface area contributed by atoms with Crippen molar-refractivity contribution in [2.75, 3.05) is 38.7 Å². The number of carbonyl (C=O) groups excluding carboxylic acids is 2.